The number of hydrogen-bond donors (Lipinski definition) is 2. The van der Waals surface area contributed by atoms with E-state index in [1.165, 1.54) is 0 Å². The van der Waals surface area contributed by atoms with E-state index >= 15 is 0 Å². The van der Waals surface area contributed by atoms with Gasteiger partial charge in [-0.05, 0) is 57.9 Å². The quantitative estimate of drug-likeness (QED) is 0.798. The van der Waals surface area contributed by atoms with Crippen molar-refractivity contribution in [1.29, 1.82) is 0 Å². The fourth-order valence-corrected chi connectivity index (χ4v) is 5.51. The molecule has 0 bridgehead atoms. The summed E-state index contributed by atoms with van der Waals surface area (Å²) in [4.78, 5) is 29.2. The van der Waals surface area contributed by atoms with Gasteiger partial charge in [0.2, 0.25) is 5.91 Å². The number of carbonyl (C=O) groups is 2. The highest BCUT2D eigenvalue weighted by Gasteiger charge is 2.63. The molecule has 2 saturated heterocycles. The standard InChI is InChI=1S/C18H32N4O2/c1-13(2)20-16(24)22-9-7-17(8-10-22)5-6-18(15(23)19-3)12-21(4)11-14(17)18/h13-14H,5-12H2,1-4H3,(H,19,23)(H,20,24)/t14-,18+/m0/s1. The van der Waals surface area contributed by atoms with Gasteiger partial charge in [0.1, 0.15) is 0 Å². The summed E-state index contributed by atoms with van der Waals surface area (Å²) in [7, 11) is 3.89. The van der Waals surface area contributed by atoms with Crippen LogP contribution in [0.3, 0.4) is 0 Å². The van der Waals surface area contributed by atoms with E-state index in [2.05, 4.69) is 22.6 Å². The van der Waals surface area contributed by atoms with Gasteiger partial charge in [-0.2, -0.15) is 0 Å². The van der Waals surface area contributed by atoms with Crippen molar-refractivity contribution in [2.24, 2.45) is 16.7 Å². The molecule has 6 nitrogen and oxygen atoms in total. The molecule has 0 aromatic carbocycles. The maximum Gasteiger partial charge on any atom is 0.317 e. The molecule has 3 aliphatic rings. The van der Waals surface area contributed by atoms with Crippen LogP contribution in [0.5, 0.6) is 0 Å². The second-order valence-electron chi connectivity index (χ2n) is 8.44. The molecule has 2 atom stereocenters. The fourth-order valence-electron chi connectivity index (χ4n) is 5.51. The number of urea groups is 1. The Labute approximate surface area is 145 Å². The van der Waals surface area contributed by atoms with Crippen LogP contribution >= 0.6 is 0 Å². The van der Waals surface area contributed by atoms with Gasteiger partial charge < -0.3 is 20.4 Å². The largest absolute Gasteiger partial charge is 0.359 e. The highest BCUT2D eigenvalue weighted by atomic mass is 16.2. The van der Waals surface area contributed by atoms with Gasteiger partial charge in [-0.3, -0.25) is 4.79 Å². The highest BCUT2D eigenvalue weighted by Crippen LogP contribution is 2.61. The summed E-state index contributed by atoms with van der Waals surface area (Å²) in [5, 5.41) is 5.91. The molecule has 1 saturated carbocycles. The van der Waals surface area contributed by atoms with Crippen molar-refractivity contribution in [3.8, 4) is 0 Å². The summed E-state index contributed by atoms with van der Waals surface area (Å²) in [5.74, 6) is 0.638. The first kappa shape index (κ1) is 17.5. The molecule has 2 N–H and O–H groups in total. The zero-order chi connectivity index (χ0) is 17.5. The van der Waals surface area contributed by atoms with Crippen LogP contribution < -0.4 is 10.6 Å². The van der Waals surface area contributed by atoms with Crippen LogP contribution in [0.1, 0.15) is 39.5 Å². The molecule has 3 fully saturated rings. The van der Waals surface area contributed by atoms with E-state index in [0.29, 0.717) is 5.92 Å². The minimum atomic E-state index is -0.216. The van der Waals surface area contributed by atoms with Crippen LogP contribution in [0.25, 0.3) is 0 Å². The minimum absolute atomic E-state index is 0.0546. The Hall–Kier alpha value is -1.30. The Bertz CT molecular complexity index is 513. The number of carbonyl (C=O) groups excluding carboxylic acids is 2. The summed E-state index contributed by atoms with van der Waals surface area (Å²) in [6, 6.07) is 0.225. The molecule has 1 aliphatic carbocycles. The van der Waals surface area contributed by atoms with Gasteiger partial charge in [0, 0.05) is 39.3 Å². The number of nitrogens with one attached hydrogen (secondary N) is 2. The normalized spacial score (nSPS) is 32.2. The number of piperidine rings is 1. The van der Waals surface area contributed by atoms with Crippen molar-refractivity contribution in [3.05, 3.63) is 0 Å². The van der Waals surface area contributed by atoms with Crippen LogP contribution in [0.2, 0.25) is 0 Å². The van der Waals surface area contributed by atoms with Crippen LogP contribution in [0.4, 0.5) is 4.79 Å². The molecule has 3 amide bonds. The lowest BCUT2D eigenvalue weighted by molar-refractivity contribution is -0.132. The number of rotatable bonds is 2. The Morgan fingerprint density at radius 3 is 2.38 bits per heavy atom. The van der Waals surface area contributed by atoms with Gasteiger partial charge in [0.25, 0.3) is 0 Å². The summed E-state index contributed by atoms with van der Waals surface area (Å²) in [6.45, 7) is 7.48. The molecule has 2 heterocycles. The lowest BCUT2D eigenvalue weighted by Gasteiger charge is -2.44. The Morgan fingerprint density at radius 1 is 1.12 bits per heavy atom. The van der Waals surface area contributed by atoms with Crippen molar-refractivity contribution < 1.29 is 9.59 Å². The number of nitrogens with zero attached hydrogens (tertiary/aromatic N) is 2. The molecule has 136 valence electrons. The third-order valence-corrected chi connectivity index (χ3v) is 6.66. The Kier molecular flexibility index (Phi) is 4.53. The monoisotopic (exact) mass is 336 g/mol. The number of fused-ring (bicyclic) bond motifs is 2. The molecule has 0 aromatic rings. The Balaban J connectivity index is 1.72. The van der Waals surface area contributed by atoms with Gasteiger partial charge in [-0.1, -0.05) is 0 Å². The lowest BCUT2D eigenvalue weighted by Crippen LogP contribution is -2.51. The second kappa shape index (κ2) is 6.21. The molecule has 0 aromatic heterocycles. The number of hydrogen-bond acceptors (Lipinski definition) is 3. The van der Waals surface area contributed by atoms with Crippen molar-refractivity contribution in [1.82, 2.24) is 20.4 Å². The maximum absolute atomic E-state index is 12.7. The summed E-state index contributed by atoms with van der Waals surface area (Å²) in [6.07, 6.45) is 4.16. The molecule has 2 aliphatic heterocycles. The van der Waals surface area contributed by atoms with E-state index in [9.17, 15) is 9.59 Å². The zero-order valence-electron chi connectivity index (χ0n) is 15.5. The molecular weight excluding hydrogens is 304 g/mol. The van der Waals surface area contributed by atoms with Gasteiger partial charge in [0.05, 0.1) is 5.41 Å². The van der Waals surface area contributed by atoms with Crippen LogP contribution in [-0.2, 0) is 4.79 Å². The van der Waals surface area contributed by atoms with E-state index in [1.807, 2.05) is 18.7 Å². The van der Waals surface area contributed by atoms with E-state index < -0.39 is 0 Å². The van der Waals surface area contributed by atoms with Gasteiger partial charge >= 0.3 is 6.03 Å². The number of likely N-dealkylation sites (tertiary alicyclic amines) is 2. The smallest absolute Gasteiger partial charge is 0.317 e. The van der Waals surface area contributed by atoms with Gasteiger partial charge in [-0.15, -0.1) is 0 Å². The van der Waals surface area contributed by atoms with Gasteiger partial charge in [0.15, 0.2) is 0 Å². The highest BCUT2D eigenvalue weighted by molar-refractivity contribution is 5.84. The molecule has 0 radical (unpaired) electrons. The first-order chi connectivity index (χ1) is 11.3. The summed E-state index contributed by atoms with van der Waals surface area (Å²) < 4.78 is 0. The summed E-state index contributed by atoms with van der Waals surface area (Å²) in [5.41, 5.74) is 0.0116. The Morgan fingerprint density at radius 2 is 1.79 bits per heavy atom. The summed E-state index contributed by atoms with van der Waals surface area (Å²) >= 11 is 0. The SMILES string of the molecule is CNC(=O)[C@@]12CCC3(CCN(C(=O)NC(C)C)CC3)[C@@H]1CN(C)C2. The van der Waals surface area contributed by atoms with Crippen LogP contribution in [-0.4, -0.2) is 68.1 Å². The first-order valence-corrected chi connectivity index (χ1v) is 9.29. The van der Waals surface area contributed by atoms with E-state index in [0.717, 1.165) is 51.9 Å². The zero-order valence-corrected chi connectivity index (χ0v) is 15.5. The average Bonchev–Trinajstić information content (AvgIpc) is 3.02. The van der Waals surface area contributed by atoms with E-state index in [1.54, 1.807) is 7.05 Å². The van der Waals surface area contributed by atoms with Crippen LogP contribution in [0.15, 0.2) is 0 Å². The molecule has 6 heteroatoms. The number of amides is 3. The maximum atomic E-state index is 12.7. The molecule has 24 heavy (non-hydrogen) atoms. The van der Waals surface area contributed by atoms with Crippen molar-refractivity contribution in [3.63, 3.8) is 0 Å². The molecular formula is C18H32N4O2. The average molecular weight is 336 g/mol. The predicted molar refractivity (Wildman–Crippen MR) is 93.6 cm³/mol. The predicted octanol–water partition coefficient (Wildman–Crippen LogP) is 1.27. The van der Waals surface area contributed by atoms with E-state index in [4.69, 9.17) is 0 Å². The minimum Gasteiger partial charge on any atom is -0.359 e. The molecule has 0 unspecified atom stereocenters. The first-order valence-electron chi connectivity index (χ1n) is 9.29. The molecule has 3 rings (SSSR count). The van der Waals surface area contributed by atoms with Crippen molar-refractivity contribution in [2.75, 3.05) is 40.3 Å². The van der Waals surface area contributed by atoms with Crippen LogP contribution in [0, 0.1) is 16.7 Å². The lowest BCUT2D eigenvalue weighted by atomic mass is 9.65. The fraction of sp³-hybridized carbons (Fsp3) is 0.889. The molecule has 1 spiro atoms. The second-order valence-corrected chi connectivity index (χ2v) is 8.44. The van der Waals surface area contributed by atoms with Crippen molar-refractivity contribution >= 4 is 11.9 Å². The van der Waals surface area contributed by atoms with Crippen molar-refractivity contribution in [2.45, 2.75) is 45.6 Å². The van der Waals surface area contributed by atoms with Gasteiger partial charge in [-0.25, -0.2) is 4.79 Å². The topological polar surface area (TPSA) is 64.7 Å². The third-order valence-electron chi connectivity index (χ3n) is 6.66. The van der Waals surface area contributed by atoms with E-state index in [-0.39, 0.29) is 28.8 Å². The third kappa shape index (κ3) is 2.68.